The number of hydrogen-bond donors (Lipinski definition) is 0. The van der Waals surface area contributed by atoms with E-state index >= 15 is 0 Å². The Morgan fingerprint density at radius 2 is 1.92 bits per heavy atom. The largest absolute Gasteiger partial charge is 0.306 e. The van der Waals surface area contributed by atoms with E-state index in [2.05, 4.69) is 24.8 Å². The molecular weight excluding hydrogens is 320 g/mol. The second-order valence-corrected chi connectivity index (χ2v) is 7.12. The van der Waals surface area contributed by atoms with Gasteiger partial charge in [-0.05, 0) is 49.5 Å². The molecular formula is C23H22N2O. The molecule has 3 heteroatoms. The molecule has 0 spiro atoms. The number of carbonyl (C=O) groups is 1. The number of pyridine rings is 1. The van der Waals surface area contributed by atoms with Crippen LogP contribution in [0.3, 0.4) is 0 Å². The Labute approximate surface area is 153 Å². The average Bonchev–Trinajstić information content (AvgIpc) is 3.09. The fourth-order valence-electron chi connectivity index (χ4n) is 3.67. The maximum absolute atomic E-state index is 12.5. The van der Waals surface area contributed by atoms with E-state index in [1.165, 1.54) is 0 Å². The quantitative estimate of drug-likeness (QED) is 0.603. The SMILES string of the molecule is C=C(C)C1CC(=O)C(C)=C(c2cccn3cc(-c4ccccc4)nc23)C1. The maximum atomic E-state index is 12.5. The van der Waals surface area contributed by atoms with Crippen LogP contribution in [0.4, 0.5) is 0 Å². The van der Waals surface area contributed by atoms with E-state index in [0.29, 0.717) is 6.42 Å². The minimum Gasteiger partial charge on any atom is -0.306 e. The van der Waals surface area contributed by atoms with Gasteiger partial charge >= 0.3 is 0 Å². The van der Waals surface area contributed by atoms with Crippen molar-refractivity contribution in [2.45, 2.75) is 26.7 Å². The van der Waals surface area contributed by atoms with E-state index in [1.807, 2.05) is 54.9 Å². The Morgan fingerprint density at radius 3 is 2.65 bits per heavy atom. The van der Waals surface area contributed by atoms with Gasteiger partial charge in [-0.3, -0.25) is 4.79 Å². The zero-order valence-electron chi connectivity index (χ0n) is 15.2. The van der Waals surface area contributed by atoms with Crippen LogP contribution in [0, 0.1) is 5.92 Å². The summed E-state index contributed by atoms with van der Waals surface area (Å²) in [5.74, 6) is 0.432. The summed E-state index contributed by atoms with van der Waals surface area (Å²) in [5, 5.41) is 0. The highest BCUT2D eigenvalue weighted by Crippen LogP contribution is 2.38. The summed E-state index contributed by atoms with van der Waals surface area (Å²) in [6.45, 7) is 8.03. The molecule has 0 N–H and O–H groups in total. The second kappa shape index (κ2) is 6.41. The topological polar surface area (TPSA) is 34.4 Å². The molecule has 130 valence electrons. The van der Waals surface area contributed by atoms with Gasteiger partial charge in [0.25, 0.3) is 0 Å². The smallest absolute Gasteiger partial charge is 0.159 e. The third kappa shape index (κ3) is 2.80. The molecule has 1 atom stereocenters. The number of ketones is 1. The number of fused-ring (bicyclic) bond motifs is 1. The Kier molecular flexibility index (Phi) is 4.08. The van der Waals surface area contributed by atoms with E-state index in [-0.39, 0.29) is 11.7 Å². The van der Waals surface area contributed by atoms with Crippen molar-refractivity contribution in [3.8, 4) is 11.3 Å². The first-order chi connectivity index (χ1) is 12.5. The average molecular weight is 342 g/mol. The molecule has 0 aliphatic heterocycles. The van der Waals surface area contributed by atoms with Crippen molar-refractivity contribution >= 4 is 17.0 Å². The molecule has 3 aromatic rings. The number of nitrogens with zero attached hydrogens (tertiary/aromatic N) is 2. The number of aromatic nitrogens is 2. The van der Waals surface area contributed by atoms with Gasteiger partial charge in [-0.2, -0.15) is 0 Å². The summed E-state index contributed by atoms with van der Waals surface area (Å²) in [7, 11) is 0. The molecule has 0 radical (unpaired) electrons. The van der Waals surface area contributed by atoms with Crippen molar-refractivity contribution in [1.29, 1.82) is 0 Å². The zero-order chi connectivity index (χ0) is 18.3. The first-order valence-electron chi connectivity index (χ1n) is 8.96. The van der Waals surface area contributed by atoms with Gasteiger partial charge < -0.3 is 4.40 Å². The minimum absolute atomic E-state index is 0.213. The van der Waals surface area contributed by atoms with E-state index < -0.39 is 0 Å². The summed E-state index contributed by atoms with van der Waals surface area (Å²) in [5.41, 5.74) is 7.01. The molecule has 0 amide bonds. The molecule has 1 aromatic carbocycles. The highest BCUT2D eigenvalue weighted by atomic mass is 16.1. The lowest BCUT2D eigenvalue weighted by atomic mass is 9.78. The molecule has 26 heavy (non-hydrogen) atoms. The van der Waals surface area contributed by atoms with Crippen LogP contribution in [0.1, 0.15) is 32.3 Å². The van der Waals surface area contributed by atoms with Gasteiger partial charge in [0.05, 0.1) is 5.69 Å². The van der Waals surface area contributed by atoms with Gasteiger partial charge in [-0.15, -0.1) is 0 Å². The highest BCUT2D eigenvalue weighted by molar-refractivity contribution is 6.05. The predicted molar refractivity (Wildman–Crippen MR) is 106 cm³/mol. The Balaban J connectivity index is 1.86. The number of rotatable bonds is 3. The van der Waals surface area contributed by atoms with Crippen LogP contribution < -0.4 is 0 Å². The summed E-state index contributed by atoms with van der Waals surface area (Å²) >= 11 is 0. The lowest BCUT2D eigenvalue weighted by molar-refractivity contribution is -0.116. The number of benzene rings is 1. The van der Waals surface area contributed by atoms with Crippen molar-refractivity contribution in [3.05, 3.63) is 78.1 Å². The molecule has 4 rings (SSSR count). The number of allylic oxidation sites excluding steroid dienone is 3. The Bertz CT molecular complexity index is 1040. The highest BCUT2D eigenvalue weighted by Gasteiger charge is 2.27. The first-order valence-corrected chi connectivity index (χ1v) is 8.96. The molecule has 0 fully saturated rings. The number of hydrogen-bond acceptors (Lipinski definition) is 2. The van der Waals surface area contributed by atoms with Crippen LogP contribution in [0.25, 0.3) is 22.5 Å². The van der Waals surface area contributed by atoms with Crippen LogP contribution in [-0.4, -0.2) is 15.2 Å². The molecule has 1 aliphatic carbocycles. The van der Waals surface area contributed by atoms with Gasteiger partial charge in [0.2, 0.25) is 0 Å². The maximum Gasteiger partial charge on any atom is 0.159 e. The molecule has 2 heterocycles. The lowest BCUT2D eigenvalue weighted by Crippen LogP contribution is -2.18. The third-order valence-corrected chi connectivity index (χ3v) is 5.33. The normalized spacial score (nSPS) is 17.8. The van der Waals surface area contributed by atoms with Crippen LogP contribution in [0.15, 0.2) is 72.6 Å². The molecule has 1 aliphatic rings. The van der Waals surface area contributed by atoms with Crippen molar-refractivity contribution in [2.24, 2.45) is 5.92 Å². The first kappa shape index (κ1) is 16.5. The summed E-state index contributed by atoms with van der Waals surface area (Å²) < 4.78 is 2.05. The number of imidazole rings is 1. The fourth-order valence-corrected chi connectivity index (χ4v) is 3.67. The zero-order valence-corrected chi connectivity index (χ0v) is 15.2. The molecule has 0 saturated heterocycles. The molecule has 0 saturated carbocycles. The lowest BCUT2D eigenvalue weighted by Gasteiger charge is -2.25. The van der Waals surface area contributed by atoms with Crippen molar-refractivity contribution in [2.75, 3.05) is 0 Å². The van der Waals surface area contributed by atoms with Gasteiger partial charge in [-0.1, -0.05) is 42.5 Å². The molecule has 0 bridgehead atoms. The number of Topliss-reactive ketones (excluding diaryl/α,β-unsaturated/α-hetero) is 1. The van der Waals surface area contributed by atoms with Crippen LogP contribution in [-0.2, 0) is 4.79 Å². The van der Waals surface area contributed by atoms with Crippen LogP contribution >= 0.6 is 0 Å². The van der Waals surface area contributed by atoms with Gasteiger partial charge in [0.15, 0.2) is 5.78 Å². The summed E-state index contributed by atoms with van der Waals surface area (Å²) in [6.07, 6.45) is 5.47. The fraction of sp³-hybridized carbons (Fsp3) is 0.217. The monoisotopic (exact) mass is 342 g/mol. The van der Waals surface area contributed by atoms with Crippen molar-refractivity contribution in [1.82, 2.24) is 9.38 Å². The van der Waals surface area contributed by atoms with Gasteiger partial charge in [0, 0.05) is 29.9 Å². The Hall–Kier alpha value is -2.94. The van der Waals surface area contributed by atoms with Gasteiger partial charge in [-0.25, -0.2) is 4.98 Å². The van der Waals surface area contributed by atoms with Crippen LogP contribution in [0.2, 0.25) is 0 Å². The van der Waals surface area contributed by atoms with E-state index in [1.54, 1.807) is 0 Å². The number of carbonyl (C=O) groups excluding carboxylic acids is 1. The van der Waals surface area contributed by atoms with Gasteiger partial charge in [0.1, 0.15) is 5.65 Å². The molecule has 3 nitrogen and oxygen atoms in total. The minimum atomic E-state index is 0.213. The summed E-state index contributed by atoms with van der Waals surface area (Å²) in [4.78, 5) is 17.4. The molecule has 2 aromatic heterocycles. The van der Waals surface area contributed by atoms with E-state index in [0.717, 1.165) is 45.6 Å². The standard InChI is InChI=1S/C23H22N2O/c1-15(2)18-12-20(16(3)22(26)13-18)19-10-7-11-25-14-21(24-23(19)25)17-8-5-4-6-9-17/h4-11,14,18H,1,12-13H2,2-3H3. The van der Waals surface area contributed by atoms with Crippen molar-refractivity contribution < 1.29 is 4.79 Å². The van der Waals surface area contributed by atoms with E-state index in [9.17, 15) is 4.79 Å². The second-order valence-electron chi connectivity index (χ2n) is 7.12. The van der Waals surface area contributed by atoms with Crippen LogP contribution in [0.5, 0.6) is 0 Å². The molecule has 1 unspecified atom stereocenters. The van der Waals surface area contributed by atoms with Crippen molar-refractivity contribution in [3.63, 3.8) is 0 Å². The third-order valence-electron chi connectivity index (χ3n) is 5.33. The van der Waals surface area contributed by atoms with E-state index in [4.69, 9.17) is 4.98 Å². The summed E-state index contributed by atoms with van der Waals surface area (Å²) in [6, 6.07) is 14.3. The predicted octanol–water partition coefficient (Wildman–Crippen LogP) is 5.33. The Morgan fingerprint density at radius 1 is 1.15 bits per heavy atom.